The van der Waals surface area contributed by atoms with Crippen molar-refractivity contribution in [2.24, 2.45) is 5.92 Å². The number of amides is 1. The number of ether oxygens (including phenoxy) is 1. The van der Waals surface area contributed by atoms with Gasteiger partial charge in [0.2, 0.25) is 11.8 Å². The second kappa shape index (κ2) is 10.2. The summed E-state index contributed by atoms with van der Waals surface area (Å²) in [6.07, 6.45) is 6.50. The molecule has 0 saturated heterocycles. The summed E-state index contributed by atoms with van der Waals surface area (Å²) in [7, 11) is 1.52. The van der Waals surface area contributed by atoms with E-state index in [1.165, 1.54) is 31.1 Å². The number of carbonyl (C=O) groups excluding carboxylic acids is 1. The topological polar surface area (TPSA) is 114 Å². The van der Waals surface area contributed by atoms with Crippen molar-refractivity contribution in [3.63, 3.8) is 0 Å². The fourth-order valence-corrected chi connectivity index (χ4v) is 5.14. The summed E-state index contributed by atoms with van der Waals surface area (Å²) in [5, 5.41) is 10.5. The predicted molar refractivity (Wildman–Crippen MR) is 127 cm³/mol. The first-order chi connectivity index (χ1) is 16.6. The minimum atomic E-state index is -0.297. The highest BCUT2D eigenvalue weighted by atomic mass is 32.2. The molecule has 1 aromatic carbocycles. The van der Waals surface area contributed by atoms with Crippen LogP contribution in [-0.2, 0) is 17.9 Å². The first-order valence-corrected chi connectivity index (χ1v) is 12.3. The molecule has 3 heterocycles. The lowest BCUT2D eigenvalue weighted by Crippen LogP contribution is -2.28. The molecular formula is C23H26FN7O2S. The molecule has 2 aromatic heterocycles. The standard InChI is InChI=1S/C23H26FN7O2S/c1-33-20-11-27-18-5-4-17(24)16(21(18)31-20)10-25-7-13-2-3-14(6-13)26-8-15-9-28-23-22(29-15)30-19(32)12-34-23/h4-5,9,11,13-14,25-26H,2-3,6-8,10,12H2,1H3,(H,29,30,32)/t13-,14+/m0/s1. The average molecular weight is 484 g/mol. The molecule has 1 aliphatic carbocycles. The number of nitrogens with zero attached hydrogens (tertiary/aromatic N) is 4. The Hall–Kier alpha value is -2.89. The van der Waals surface area contributed by atoms with E-state index in [4.69, 9.17) is 4.74 Å². The van der Waals surface area contributed by atoms with Crippen LogP contribution in [0.4, 0.5) is 10.2 Å². The molecule has 3 N–H and O–H groups in total. The molecule has 1 fully saturated rings. The Labute approximate surface area is 200 Å². The summed E-state index contributed by atoms with van der Waals surface area (Å²) in [6.45, 7) is 1.79. The van der Waals surface area contributed by atoms with Gasteiger partial charge in [-0.3, -0.25) is 4.79 Å². The van der Waals surface area contributed by atoms with E-state index in [9.17, 15) is 9.18 Å². The van der Waals surface area contributed by atoms with Crippen LogP contribution in [0, 0.1) is 11.7 Å². The van der Waals surface area contributed by atoms with Crippen molar-refractivity contribution in [1.29, 1.82) is 0 Å². The molecule has 9 nitrogen and oxygen atoms in total. The fraction of sp³-hybridized carbons (Fsp3) is 0.435. The number of hydrogen-bond donors (Lipinski definition) is 3. The molecule has 1 amide bonds. The highest BCUT2D eigenvalue weighted by Crippen LogP contribution is 2.28. The normalized spacial score (nSPS) is 19.8. The Bertz CT molecular complexity index is 1210. The van der Waals surface area contributed by atoms with Crippen LogP contribution in [0.5, 0.6) is 5.88 Å². The molecule has 0 bridgehead atoms. The van der Waals surface area contributed by atoms with E-state index < -0.39 is 0 Å². The number of rotatable bonds is 8. The van der Waals surface area contributed by atoms with Gasteiger partial charge in [0.15, 0.2) is 5.82 Å². The number of benzene rings is 1. The highest BCUT2D eigenvalue weighted by Gasteiger charge is 2.25. The van der Waals surface area contributed by atoms with Gasteiger partial charge in [-0.15, -0.1) is 0 Å². The van der Waals surface area contributed by atoms with Gasteiger partial charge in [-0.25, -0.2) is 24.3 Å². The Balaban J connectivity index is 1.12. The second-order valence-electron chi connectivity index (χ2n) is 8.55. The fourth-order valence-electron chi connectivity index (χ4n) is 4.44. The van der Waals surface area contributed by atoms with E-state index in [1.54, 1.807) is 12.3 Å². The van der Waals surface area contributed by atoms with Gasteiger partial charge in [0, 0.05) is 24.7 Å². The van der Waals surface area contributed by atoms with E-state index in [0.29, 0.717) is 59.1 Å². The van der Waals surface area contributed by atoms with Gasteiger partial charge in [-0.05, 0) is 43.9 Å². The number of hydrogen-bond acceptors (Lipinski definition) is 9. The first kappa shape index (κ1) is 22.9. The quantitative estimate of drug-likeness (QED) is 0.445. The van der Waals surface area contributed by atoms with Crippen molar-refractivity contribution in [2.75, 3.05) is 24.7 Å². The van der Waals surface area contributed by atoms with E-state index in [0.717, 1.165) is 36.5 Å². The van der Waals surface area contributed by atoms with Crippen molar-refractivity contribution >= 4 is 34.5 Å². The summed E-state index contributed by atoms with van der Waals surface area (Å²) < 4.78 is 19.7. The lowest BCUT2D eigenvalue weighted by molar-refractivity contribution is -0.113. The molecule has 1 aliphatic heterocycles. The number of nitrogens with one attached hydrogen (secondary N) is 3. The third-order valence-corrected chi connectivity index (χ3v) is 7.16. The Morgan fingerprint density at radius 1 is 1.21 bits per heavy atom. The lowest BCUT2D eigenvalue weighted by atomic mass is 10.1. The third kappa shape index (κ3) is 5.11. The van der Waals surface area contributed by atoms with Crippen molar-refractivity contribution in [3.05, 3.63) is 41.6 Å². The summed E-state index contributed by atoms with van der Waals surface area (Å²) in [5.74, 6) is 1.46. The van der Waals surface area contributed by atoms with Gasteiger partial charge < -0.3 is 20.7 Å². The van der Waals surface area contributed by atoms with E-state index in [1.807, 2.05) is 0 Å². The van der Waals surface area contributed by atoms with Crippen LogP contribution in [0.15, 0.2) is 29.6 Å². The van der Waals surface area contributed by atoms with Crippen molar-refractivity contribution in [3.8, 4) is 5.88 Å². The Morgan fingerprint density at radius 3 is 3.00 bits per heavy atom. The largest absolute Gasteiger partial charge is 0.480 e. The van der Waals surface area contributed by atoms with Gasteiger partial charge in [0.05, 0.1) is 36.5 Å². The minimum absolute atomic E-state index is 0.0439. The molecular weight excluding hydrogens is 457 g/mol. The van der Waals surface area contributed by atoms with Crippen molar-refractivity contribution in [1.82, 2.24) is 30.6 Å². The third-order valence-electron chi connectivity index (χ3n) is 6.18. The van der Waals surface area contributed by atoms with E-state index in [2.05, 4.69) is 35.9 Å². The molecule has 178 valence electrons. The molecule has 0 spiro atoms. The lowest BCUT2D eigenvalue weighted by Gasteiger charge is -2.17. The zero-order valence-electron chi connectivity index (χ0n) is 18.8. The van der Waals surface area contributed by atoms with Gasteiger partial charge in [0.25, 0.3) is 0 Å². The molecule has 0 unspecified atom stereocenters. The molecule has 11 heteroatoms. The van der Waals surface area contributed by atoms with Crippen LogP contribution < -0.4 is 20.7 Å². The number of aromatic nitrogens is 4. The average Bonchev–Trinajstić information content (AvgIpc) is 3.31. The molecule has 3 aromatic rings. The monoisotopic (exact) mass is 483 g/mol. The molecule has 1 saturated carbocycles. The minimum Gasteiger partial charge on any atom is -0.480 e. The van der Waals surface area contributed by atoms with E-state index in [-0.39, 0.29) is 11.7 Å². The smallest absolute Gasteiger partial charge is 0.236 e. The second-order valence-corrected chi connectivity index (χ2v) is 9.51. The Kier molecular flexibility index (Phi) is 6.84. The number of anilines is 1. The number of carbonyl (C=O) groups is 1. The van der Waals surface area contributed by atoms with Crippen LogP contribution in [0.25, 0.3) is 11.0 Å². The van der Waals surface area contributed by atoms with Crippen LogP contribution in [0.2, 0.25) is 0 Å². The summed E-state index contributed by atoms with van der Waals surface area (Å²) in [4.78, 5) is 29.2. The SMILES string of the molecule is COc1cnc2ccc(F)c(CNC[C@H]3CC[C@@H](NCc4cnc5c(n4)NC(=O)CS5)C3)c2n1. The molecule has 0 radical (unpaired) electrons. The predicted octanol–water partition coefficient (Wildman–Crippen LogP) is 2.66. The van der Waals surface area contributed by atoms with Gasteiger partial charge in [-0.1, -0.05) is 11.8 Å². The maximum Gasteiger partial charge on any atom is 0.236 e. The zero-order chi connectivity index (χ0) is 23.5. The van der Waals surface area contributed by atoms with Crippen LogP contribution in [0.1, 0.15) is 30.5 Å². The summed E-state index contributed by atoms with van der Waals surface area (Å²) >= 11 is 1.41. The van der Waals surface area contributed by atoms with Crippen molar-refractivity contribution in [2.45, 2.75) is 43.4 Å². The highest BCUT2D eigenvalue weighted by molar-refractivity contribution is 8.00. The van der Waals surface area contributed by atoms with Crippen LogP contribution >= 0.6 is 11.8 Å². The summed E-state index contributed by atoms with van der Waals surface area (Å²) in [6, 6.07) is 3.45. The van der Waals surface area contributed by atoms with E-state index >= 15 is 0 Å². The number of thioether (sulfide) groups is 1. The molecule has 5 rings (SSSR count). The van der Waals surface area contributed by atoms with Crippen LogP contribution in [-0.4, -0.2) is 51.3 Å². The molecule has 2 aliphatic rings. The van der Waals surface area contributed by atoms with Gasteiger partial charge in [-0.2, -0.15) is 0 Å². The number of methoxy groups -OCH3 is 1. The molecule has 34 heavy (non-hydrogen) atoms. The number of fused-ring (bicyclic) bond motifs is 2. The molecule has 2 atom stereocenters. The van der Waals surface area contributed by atoms with Gasteiger partial charge in [0.1, 0.15) is 16.4 Å². The zero-order valence-corrected chi connectivity index (χ0v) is 19.6. The number of halogens is 1. The maximum atomic E-state index is 14.5. The first-order valence-electron chi connectivity index (χ1n) is 11.3. The Morgan fingerprint density at radius 2 is 2.12 bits per heavy atom. The van der Waals surface area contributed by atoms with Crippen molar-refractivity contribution < 1.29 is 13.9 Å². The van der Waals surface area contributed by atoms with Gasteiger partial charge >= 0.3 is 0 Å². The van der Waals surface area contributed by atoms with Crippen LogP contribution in [0.3, 0.4) is 0 Å². The maximum absolute atomic E-state index is 14.5. The summed E-state index contributed by atoms with van der Waals surface area (Å²) in [5.41, 5.74) is 2.49.